The standard InChI is InChI=1S/C20H19N5OS2/c26-20(17-14-28-19(22-17)15-4-10-27-13-15)24-8-6-23(7-9-24)11-16-12-25-5-2-1-3-18(25)21-16/h1-5,10,12-14H,6-9,11H2. The Hall–Kier alpha value is -2.55. The molecular formula is C20H19N5OS2. The summed E-state index contributed by atoms with van der Waals surface area (Å²) in [6.07, 6.45) is 4.09. The third-order valence-corrected chi connectivity index (χ3v) is 6.53. The summed E-state index contributed by atoms with van der Waals surface area (Å²) in [5.74, 6) is 0.0325. The third kappa shape index (κ3) is 3.46. The van der Waals surface area contributed by atoms with Gasteiger partial charge in [-0.05, 0) is 23.6 Å². The van der Waals surface area contributed by atoms with E-state index in [9.17, 15) is 4.79 Å². The zero-order valence-corrected chi connectivity index (χ0v) is 16.8. The van der Waals surface area contributed by atoms with Gasteiger partial charge in [0.2, 0.25) is 0 Å². The largest absolute Gasteiger partial charge is 0.335 e. The number of hydrogen-bond acceptors (Lipinski definition) is 6. The molecule has 0 aromatic carbocycles. The summed E-state index contributed by atoms with van der Waals surface area (Å²) >= 11 is 3.17. The van der Waals surface area contributed by atoms with Crippen LogP contribution in [0, 0.1) is 0 Å². The van der Waals surface area contributed by atoms with E-state index in [4.69, 9.17) is 0 Å². The molecule has 0 atom stereocenters. The summed E-state index contributed by atoms with van der Waals surface area (Å²) < 4.78 is 2.04. The fourth-order valence-corrected chi connectivity index (χ4v) is 4.96. The summed E-state index contributed by atoms with van der Waals surface area (Å²) in [5.41, 5.74) is 3.67. The van der Waals surface area contributed by atoms with Gasteiger partial charge < -0.3 is 9.30 Å². The molecule has 0 saturated carbocycles. The van der Waals surface area contributed by atoms with Crippen LogP contribution in [0.5, 0.6) is 0 Å². The summed E-state index contributed by atoms with van der Waals surface area (Å²) in [7, 11) is 0. The van der Waals surface area contributed by atoms with Gasteiger partial charge in [0, 0.05) is 61.4 Å². The molecular weight excluding hydrogens is 390 g/mol. The van der Waals surface area contributed by atoms with Crippen molar-refractivity contribution in [2.45, 2.75) is 6.54 Å². The van der Waals surface area contributed by atoms with Crippen molar-refractivity contribution in [3.63, 3.8) is 0 Å². The number of fused-ring (bicyclic) bond motifs is 1. The predicted molar refractivity (Wildman–Crippen MR) is 112 cm³/mol. The second-order valence-corrected chi connectivity index (χ2v) is 8.45. The van der Waals surface area contributed by atoms with E-state index in [0.717, 1.165) is 54.6 Å². The minimum absolute atomic E-state index is 0.0325. The minimum atomic E-state index is 0.0325. The average molecular weight is 410 g/mol. The van der Waals surface area contributed by atoms with E-state index in [-0.39, 0.29) is 5.91 Å². The first-order valence-corrected chi connectivity index (χ1v) is 11.0. The van der Waals surface area contributed by atoms with Crippen LogP contribution in [0.4, 0.5) is 0 Å². The third-order valence-electron chi connectivity index (χ3n) is 4.95. The van der Waals surface area contributed by atoms with Gasteiger partial charge in [-0.3, -0.25) is 9.69 Å². The molecule has 0 aliphatic carbocycles. The second-order valence-electron chi connectivity index (χ2n) is 6.82. The molecule has 4 aromatic rings. The maximum absolute atomic E-state index is 12.8. The van der Waals surface area contributed by atoms with Crippen LogP contribution < -0.4 is 0 Å². The molecule has 0 unspecified atom stereocenters. The first kappa shape index (κ1) is 17.5. The summed E-state index contributed by atoms with van der Waals surface area (Å²) in [5, 5.41) is 6.87. The van der Waals surface area contributed by atoms with Crippen molar-refractivity contribution in [2.75, 3.05) is 26.2 Å². The quantitative estimate of drug-likeness (QED) is 0.518. The molecule has 1 aliphatic rings. The number of hydrogen-bond donors (Lipinski definition) is 0. The van der Waals surface area contributed by atoms with Crippen molar-refractivity contribution in [1.29, 1.82) is 0 Å². The molecule has 1 fully saturated rings. The molecule has 0 spiro atoms. The number of pyridine rings is 1. The number of imidazole rings is 1. The van der Waals surface area contributed by atoms with Crippen LogP contribution in [0.25, 0.3) is 16.2 Å². The molecule has 0 radical (unpaired) electrons. The number of carbonyl (C=O) groups excluding carboxylic acids is 1. The molecule has 1 saturated heterocycles. The van der Waals surface area contributed by atoms with Gasteiger partial charge in [0.05, 0.1) is 5.69 Å². The molecule has 8 heteroatoms. The lowest BCUT2D eigenvalue weighted by molar-refractivity contribution is 0.0622. The number of rotatable bonds is 4. The number of piperazine rings is 1. The van der Waals surface area contributed by atoms with Crippen LogP contribution in [-0.2, 0) is 6.54 Å². The average Bonchev–Trinajstić information content (AvgIpc) is 3.47. The van der Waals surface area contributed by atoms with E-state index >= 15 is 0 Å². The Morgan fingerprint density at radius 3 is 2.75 bits per heavy atom. The number of amides is 1. The Balaban J connectivity index is 1.20. The van der Waals surface area contributed by atoms with Crippen molar-refractivity contribution in [3.05, 3.63) is 64.2 Å². The SMILES string of the molecule is O=C(c1csc(-c2ccsc2)n1)N1CCN(Cc2cn3ccccc3n2)CC1. The van der Waals surface area contributed by atoms with Crippen molar-refractivity contribution in [3.8, 4) is 10.6 Å². The Morgan fingerprint density at radius 2 is 1.96 bits per heavy atom. The van der Waals surface area contributed by atoms with Crippen molar-refractivity contribution < 1.29 is 4.79 Å². The van der Waals surface area contributed by atoms with Crippen LogP contribution in [-0.4, -0.2) is 56.3 Å². The molecule has 0 N–H and O–H groups in total. The lowest BCUT2D eigenvalue weighted by Crippen LogP contribution is -2.48. The Labute approximate surface area is 170 Å². The van der Waals surface area contributed by atoms with Gasteiger partial charge in [-0.1, -0.05) is 6.07 Å². The topological polar surface area (TPSA) is 53.7 Å². The van der Waals surface area contributed by atoms with E-state index in [0.29, 0.717) is 5.69 Å². The Bertz CT molecular complexity index is 1060. The number of carbonyl (C=O) groups is 1. The molecule has 4 aromatic heterocycles. The molecule has 1 amide bonds. The molecule has 5 rings (SSSR count). The minimum Gasteiger partial charge on any atom is -0.335 e. The van der Waals surface area contributed by atoms with Gasteiger partial charge in [0.1, 0.15) is 16.3 Å². The van der Waals surface area contributed by atoms with E-state index < -0.39 is 0 Å². The first-order valence-electron chi connectivity index (χ1n) is 9.18. The molecule has 28 heavy (non-hydrogen) atoms. The number of thiophene rings is 1. The highest BCUT2D eigenvalue weighted by Crippen LogP contribution is 2.26. The maximum atomic E-state index is 12.8. The fraction of sp³-hybridized carbons (Fsp3) is 0.250. The van der Waals surface area contributed by atoms with E-state index in [1.807, 2.05) is 50.5 Å². The normalized spacial score (nSPS) is 15.4. The second kappa shape index (κ2) is 7.46. The van der Waals surface area contributed by atoms with Crippen LogP contribution >= 0.6 is 22.7 Å². The highest BCUT2D eigenvalue weighted by atomic mass is 32.1. The Morgan fingerprint density at radius 1 is 1.07 bits per heavy atom. The van der Waals surface area contributed by atoms with Crippen LogP contribution in [0.2, 0.25) is 0 Å². The fourth-order valence-electron chi connectivity index (χ4n) is 3.45. The predicted octanol–water partition coefficient (Wildman–Crippen LogP) is 3.48. The molecule has 6 nitrogen and oxygen atoms in total. The highest BCUT2D eigenvalue weighted by Gasteiger charge is 2.24. The molecule has 1 aliphatic heterocycles. The van der Waals surface area contributed by atoms with Gasteiger partial charge in [0.25, 0.3) is 5.91 Å². The first-order chi connectivity index (χ1) is 13.8. The van der Waals surface area contributed by atoms with E-state index in [1.165, 1.54) is 11.3 Å². The zero-order chi connectivity index (χ0) is 18.9. The van der Waals surface area contributed by atoms with Crippen molar-refractivity contribution in [2.24, 2.45) is 0 Å². The van der Waals surface area contributed by atoms with Gasteiger partial charge in [-0.2, -0.15) is 11.3 Å². The van der Waals surface area contributed by atoms with Gasteiger partial charge >= 0.3 is 0 Å². The van der Waals surface area contributed by atoms with Gasteiger partial charge in [0.15, 0.2) is 0 Å². The zero-order valence-electron chi connectivity index (χ0n) is 15.2. The molecule has 0 bridgehead atoms. The van der Waals surface area contributed by atoms with Gasteiger partial charge in [-0.25, -0.2) is 9.97 Å². The smallest absolute Gasteiger partial charge is 0.273 e. The number of thiazole rings is 1. The van der Waals surface area contributed by atoms with Crippen LogP contribution in [0.15, 0.2) is 52.8 Å². The summed E-state index contributed by atoms with van der Waals surface area (Å²) in [6, 6.07) is 8.05. The van der Waals surface area contributed by atoms with Gasteiger partial charge in [-0.15, -0.1) is 11.3 Å². The van der Waals surface area contributed by atoms with Crippen molar-refractivity contribution in [1.82, 2.24) is 24.2 Å². The molecule has 142 valence electrons. The summed E-state index contributed by atoms with van der Waals surface area (Å²) in [4.78, 5) is 26.3. The maximum Gasteiger partial charge on any atom is 0.273 e. The molecule has 5 heterocycles. The van der Waals surface area contributed by atoms with Crippen molar-refractivity contribution >= 4 is 34.2 Å². The summed E-state index contributed by atoms with van der Waals surface area (Å²) in [6.45, 7) is 3.94. The Kier molecular flexibility index (Phi) is 4.67. The monoisotopic (exact) mass is 409 g/mol. The van der Waals surface area contributed by atoms with E-state index in [1.54, 1.807) is 11.3 Å². The lowest BCUT2D eigenvalue weighted by Gasteiger charge is -2.34. The van der Waals surface area contributed by atoms with Crippen LogP contribution in [0.3, 0.4) is 0 Å². The number of aromatic nitrogens is 3. The lowest BCUT2D eigenvalue weighted by atomic mass is 10.2. The van der Waals surface area contributed by atoms with E-state index in [2.05, 4.69) is 26.4 Å². The van der Waals surface area contributed by atoms with Crippen LogP contribution in [0.1, 0.15) is 16.2 Å². The highest BCUT2D eigenvalue weighted by molar-refractivity contribution is 7.14. The number of nitrogens with zero attached hydrogens (tertiary/aromatic N) is 5.